The van der Waals surface area contributed by atoms with Crippen LogP contribution in [0.2, 0.25) is 0 Å². The summed E-state index contributed by atoms with van der Waals surface area (Å²) in [5.74, 6) is -0.321. The average Bonchev–Trinajstić information content (AvgIpc) is 2.89. The molecular weight excluding hydrogens is 284 g/mol. The molecule has 0 spiro atoms. The minimum atomic E-state index is -0.334. The molecular formula is C16H20N2O2S. The van der Waals surface area contributed by atoms with Crippen molar-refractivity contribution in [3.05, 3.63) is 55.6 Å². The summed E-state index contributed by atoms with van der Waals surface area (Å²) in [6.07, 6.45) is 0. The predicted octanol–water partition coefficient (Wildman–Crippen LogP) is 2.76. The molecule has 0 aliphatic heterocycles. The van der Waals surface area contributed by atoms with Crippen molar-refractivity contribution in [3.63, 3.8) is 0 Å². The molecule has 5 heteroatoms. The number of carbonyl (C=O) groups excluding carboxylic acids is 1. The normalized spacial score (nSPS) is 11.4. The summed E-state index contributed by atoms with van der Waals surface area (Å²) < 4.78 is 0. The van der Waals surface area contributed by atoms with Crippen LogP contribution in [0, 0.1) is 13.8 Å². The average molecular weight is 304 g/mol. The minimum absolute atomic E-state index is 0.158. The molecule has 0 atom stereocenters. The smallest absolute Gasteiger partial charge is 0.261 e. The van der Waals surface area contributed by atoms with Crippen LogP contribution in [-0.2, 0) is 5.41 Å². The maximum Gasteiger partial charge on any atom is 0.261 e. The van der Waals surface area contributed by atoms with Crippen LogP contribution in [-0.4, -0.2) is 17.4 Å². The fraction of sp³-hybridized carbons (Fsp3) is 0.375. The Morgan fingerprint density at radius 1 is 1.38 bits per heavy atom. The molecule has 0 aliphatic rings. The molecule has 2 N–H and O–H groups in total. The van der Waals surface area contributed by atoms with E-state index >= 15 is 0 Å². The molecule has 1 amide bonds. The van der Waals surface area contributed by atoms with Gasteiger partial charge in [0.05, 0.1) is 0 Å². The Labute approximate surface area is 128 Å². The second kappa shape index (κ2) is 5.85. The first kappa shape index (κ1) is 15.5. The zero-order valence-corrected chi connectivity index (χ0v) is 13.6. The van der Waals surface area contributed by atoms with Crippen molar-refractivity contribution in [3.8, 4) is 0 Å². The van der Waals surface area contributed by atoms with E-state index < -0.39 is 0 Å². The quantitative estimate of drug-likeness (QED) is 0.912. The van der Waals surface area contributed by atoms with Crippen molar-refractivity contribution in [2.24, 2.45) is 0 Å². The highest BCUT2D eigenvalue weighted by molar-refractivity contribution is 7.10. The number of rotatable bonds is 4. The van der Waals surface area contributed by atoms with Crippen LogP contribution in [0.4, 0.5) is 0 Å². The Kier molecular flexibility index (Phi) is 4.32. The zero-order chi connectivity index (χ0) is 15.6. The van der Waals surface area contributed by atoms with Crippen LogP contribution in [0.3, 0.4) is 0 Å². The van der Waals surface area contributed by atoms with Gasteiger partial charge in [-0.25, -0.2) is 0 Å². The molecule has 2 aromatic rings. The first-order chi connectivity index (χ1) is 9.81. The molecule has 0 fully saturated rings. The van der Waals surface area contributed by atoms with Crippen LogP contribution >= 0.6 is 11.3 Å². The van der Waals surface area contributed by atoms with Crippen molar-refractivity contribution in [1.29, 1.82) is 0 Å². The largest absolute Gasteiger partial charge is 0.351 e. The number of hydrogen-bond acceptors (Lipinski definition) is 3. The van der Waals surface area contributed by atoms with Gasteiger partial charge in [-0.05, 0) is 36.9 Å². The number of aromatic nitrogens is 1. The third kappa shape index (κ3) is 3.42. The molecule has 0 saturated carbocycles. The van der Waals surface area contributed by atoms with E-state index in [4.69, 9.17) is 0 Å². The van der Waals surface area contributed by atoms with E-state index in [0.717, 1.165) is 5.69 Å². The van der Waals surface area contributed by atoms with E-state index in [1.807, 2.05) is 11.4 Å². The van der Waals surface area contributed by atoms with Crippen LogP contribution in [0.15, 0.2) is 28.4 Å². The Hall–Kier alpha value is -1.88. The van der Waals surface area contributed by atoms with Gasteiger partial charge in [-0.1, -0.05) is 19.9 Å². The van der Waals surface area contributed by atoms with E-state index in [-0.39, 0.29) is 22.4 Å². The molecule has 2 rings (SSSR count). The topological polar surface area (TPSA) is 62.0 Å². The van der Waals surface area contributed by atoms with Crippen molar-refractivity contribution < 1.29 is 4.79 Å². The number of nitrogens with one attached hydrogen (secondary N) is 2. The number of carbonyl (C=O) groups is 1. The molecule has 0 bridgehead atoms. The maximum absolute atomic E-state index is 12.3. The highest BCUT2D eigenvalue weighted by Gasteiger charge is 2.23. The summed E-state index contributed by atoms with van der Waals surface area (Å²) in [7, 11) is 0. The van der Waals surface area contributed by atoms with E-state index in [9.17, 15) is 9.59 Å². The van der Waals surface area contributed by atoms with Gasteiger partial charge in [0, 0.05) is 22.5 Å². The van der Waals surface area contributed by atoms with Gasteiger partial charge in [0.1, 0.15) is 5.56 Å². The van der Waals surface area contributed by atoms with Gasteiger partial charge in [0.25, 0.3) is 11.5 Å². The highest BCUT2D eigenvalue weighted by atomic mass is 32.1. The van der Waals surface area contributed by atoms with Crippen molar-refractivity contribution in [2.45, 2.75) is 33.1 Å². The van der Waals surface area contributed by atoms with Gasteiger partial charge in [0.15, 0.2) is 0 Å². The van der Waals surface area contributed by atoms with Gasteiger partial charge in [0.2, 0.25) is 0 Å². The summed E-state index contributed by atoms with van der Waals surface area (Å²) in [6.45, 7) is 8.22. The maximum atomic E-state index is 12.3. The summed E-state index contributed by atoms with van der Waals surface area (Å²) in [6, 6.07) is 5.86. The predicted molar refractivity (Wildman–Crippen MR) is 86.2 cm³/mol. The Balaban J connectivity index is 2.15. The van der Waals surface area contributed by atoms with E-state index in [1.54, 1.807) is 31.3 Å². The zero-order valence-electron chi connectivity index (χ0n) is 12.7. The highest BCUT2D eigenvalue weighted by Crippen LogP contribution is 2.26. The standard InChI is InChI=1S/C16H20N2O2S/c1-10-8-11(2)18-15(20)13(10)14(19)17-9-16(3,4)12-6-5-7-21-12/h5-8H,9H2,1-4H3,(H,17,19)(H,18,20). The molecule has 4 nitrogen and oxygen atoms in total. The Morgan fingerprint density at radius 2 is 2.10 bits per heavy atom. The van der Waals surface area contributed by atoms with E-state index in [2.05, 4.69) is 30.2 Å². The van der Waals surface area contributed by atoms with E-state index in [1.165, 1.54) is 4.88 Å². The lowest BCUT2D eigenvalue weighted by atomic mass is 9.91. The monoisotopic (exact) mass is 304 g/mol. The fourth-order valence-corrected chi connectivity index (χ4v) is 3.13. The summed E-state index contributed by atoms with van der Waals surface area (Å²) in [5.41, 5.74) is 1.16. The lowest BCUT2D eigenvalue weighted by molar-refractivity contribution is 0.0943. The number of pyridine rings is 1. The molecule has 2 heterocycles. The van der Waals surface area contributed by atoms with Crippen LogP contribution in [0.25, 0.3) is 0 Å². The fourth-order valence-electron chi connectivity index (χ4n) is 2.28. The first-order valence-electron chi connectivity index (χ1n) is 6.84. The second-order valence-electron chi connectivity index (χ2n) is 5.88. The van der Waals surface area contributed by atoms with Gasteiger partial charge in [-0.2, -0.15) is 0 Å². The number of aromatic amines is 1. The van der Waals surface area contributed by atoms with Crippen LogP contribution in [0.1, 0.15) is 40.3 Å². The van der Waals surface area contributed by atoms with Crippen LogP contribution < -0.4 is 10.9 Å². The van der Waals surface area contributed by atoms with Crippen molar-refractivity contribution >= 4 is 17.2 Å². The first-order valence-corrected chi connectivity index (χ1v) is 7.72. The molecule has 0 aromatic carbocycles. The molecule has 0 unspecified atom stereocenters. The lowest BCUT2D eigenvalue weighted by Gasteiger charge is -2.23. The summed E-state index contributed by atoms with van der Waals surface area (Å²) >= 11 is 1.67. The SMILES string of the molecule is Cc1cc(C)c(C(=O)NCC(C)(C)c2cccs2)c(=O)[nH]1. The molecule has 0 saturated heterocycles. The molecule has 2 aromatic heterocycles. The third-order valence-electron chi connectivity index (χ3n) is 3.47. The van der Waals surface area contributed by atoms with Crippen molar-refractivity contribution in [2.75, 3.05) is 6.54 Å². The van der Waals surface area contributed by atoms with Crippen LogP contribution in [0.5, 0.6) is 0 Å². The number of amides is 1. The molecule has 0 aliphatic carbocycles. The summed E-state index contributed by atoms with van der Waals surface area (Å²) in [5, 5.41) is 4.90. The van der Waals surface area contributed by atoms with Gasteiger partial charge in [-0.3, -0.25) is 9.59 Å². The number of thiophene rings is 1. The molecule has 0 radical (unpaired) electrons. The number of H-pyrrole nitrogens is 1. The van der Waals surface area contributed by atoms with E-state index in [0.29, 0.717) is 12.1 Å². The van der Waals surface area contributed by atoms with Gasteiger partial charge < -0.3 is 10.3 Å². The van der Waals surface area contributed by atoms with Gasteiger partial charge >= 0.3 is 0 Å². The molecule has 21 heavy (non-hydrogen) atoms. The molecule has 112 valence electrons. The van der Waals surface area contributed by atoms with Gasteiger partial charge in [-0.15, -0.1) is 11.3 Å². The lowest BCUT2D eigenvalue weighted by Crippen LogP contribution is -2.38. The number of aryl methyl sites for hydroxylation is 2. The van der Waals surface area contributed by atoms with Crippen molar-refractivity contribution in [1.82, 2.24) is 10.3 Å². The minimum Gasteiger partial charge on any atom is -0.351 e. The third-order valence-corrected chi connectivity index (χ3v) is 4.71. The second-order valence-corrected chi connectivity index (χ2v) is 6.83. The Morgan fingerprint density at radius 3 is 2.67 bits per heavy atom. The summed E-state index contributed by atoms with van der Waals surface area (Å²) in [4.78, 5) is 28.1. The number of hydrogen-bond donors (Lipinski definition) is 2. The Bertz CT molecular complexity index is 700.